The lowest BCUT2D eigenvalue weighted by Gasteiger charge is -2.19. The second-order valence-electron chi connectivity index (χ2n) is 7.84. The Balaban J connectivity index is 1.93. The number of rotatable bonds is 4. The maximum absolute atomic E-state index is 14.6. The van der Waals surface area contributed by atoms with Gasteiger partial charge in [0.05, 0.1) is 30.7 Å². The first-order valence-electron chi connectivity index (χ1n) is 10.1. The number of anilines is 1. The molecule has 0 aliphatic carbocycles. The molecule has 4 heterocycles. The molecule has 2 N–H and O–H groups in total. The highest BCUT2D eigenvalue weighted by atomic mass is 19.4. The number of nitrogens with one attached hydrogen (secondary N) is 1. The third kappa shape index (κ3) is 4.56. The van der Waals surface area contributed by atoms with Crippen LogP contribution in [-0.4, -0.2) is 56.3 Å². The van der Waals surface area contributed by atoms with Crippen LogP contribution in [-0.2, 0) is 4.79 Å². The molecular formula is C21H16F5N5O4. The third-order valence-electron chi connectivity index (χ3n) is 5.32. The molecule has 2 atom stereocenters. The van der Waals surface area contributed by atoms with Gasteiger partial charge in [-0.25, -0.2) is 18.7 Å². The van der Waals surface area contributed by atoms with Crippen molar-refractivity contribution < 1.29 is 36.6 Å². The molecule has 3 aromatic heterocycles. The molecule has 2 amide bonds. The molecule has 0 radical (unpaired) electrons. The molecule has 1 aliphatic rings. The monoisotopic (exact) mass is 497 g/mol. The number of β-amino-alcohol motifs (C(OH)–C–C–N with tert-alkyl or cyclic N) is 1. The summed E-state index contributed by atoms with van der Waals surface area (Å²) in [5.41, 5.74) is -2.10. The van der Waals surface area contributed by atoms with Gasteiger partial charge in [-0.15, -0.1) is 0 Å². The first-order chi connectivity index (χ1) is 16.4. The number of halogens is 5. The number of hydrogen-bond acceptors (Lipinski definition) is 6. The molecule has 35 heavy (non-hydrogen) atoms. The second kappa shape index (κ2) is 8.69. The minimum atomic E-state index is -4.79. The van der Waals surface area contributed by atoms with Crippen LogP contribution in [0.3, 0.4) is 0 Å². The van der Waals surface area contributed by atoms with E-state index in [-0.39, 0.29) is 29.8 Å². The molecule has 14 heteroatoms. The Labute approximate surface area is 192 Å². The van der Waals surface area contributed by atoms with Crippen LogP contribution in [0.5, 0.6) is 0 Å². The van der Waals surface area contributed by atoms with Crippen molar-refractivity contribution in [2.24, 2.45) is 0 Å². The van der Waals surface area contributed by atoms with Crippen molar-refractivity contribution in [2.75, 3.05) is 11.4 Å². The Bertz CT molecular complexity index is 1410. The summed E-state index contributed by atoms with van der Waals surface area (Å²) >= 11 is 0. The van der Waals surface area contributed by atoms with Gasteiger partial charge in [0.1, 0.15) is 23.2 Å². The molecule has 0 bridgehead atoms. The molecule has 4 rings (SSSR count). The lowest BCUT2D eigenvalue weighted by molar-refractivity contribution is -0.149. The summed E-state index contributed by atoms with van der Waals surface area (Å²) in [6.45, 7) is 0.578. The summed E-state index contributed by atoms with van der Waals surface area (Å²) in [7, 11) is 0. The minimum absolute atomic E-state index is 0.0161. The molecule has 3 aromatic rings. The molecule has 0 spiro atoms. The van der Waals surface area contributed by atoms with Crippen molar-refractivity contribution in [1.29, 1.82) is 0 Å². The summed E-state index contributed by atoms with van der Waals surface area (Å²) in [5.74, 6) is -4.73. The maximum atomic E-state index is 14.6. The molecule has 9 nitrogen and oxygen atoms in total. The van der Waals surface area contributed by atoms with Crippen LogP contribution < -0.4 is 15.6 Å². The van der Waals surface area contributed by atoms with E-state index in [4.69, 9.17) is 0 Å². The lowest BCUT2D eigenvalue weighted by atomic mass is 10.1. The number of alkyl halides is 3. The Morgan fingerprint density at radius 2 is 1.97 bits per heavy atom. The number of amides is 2. The standard InChI is InChI=1S/C21H16F5N5O4/c1-9(21(24,25)26)28-20(35)13-8-31(19-14(23)4-10(22)6-27-19)18-12(17(13)34)2-3-15(29-18)30-7-11(32)5-16(30)33/h2-4,6,8-9,11,32H,5,7H2,1H3,(H,28,35)/t9?,11-/m0/s1. The van der Waals surface area contributed by atoms with Crippen molar-refractivity contribution in [2.45, 2.75) is 31.7 Å². The molecule has 184 valence electrons. The van der Waals surface area contributed by atoms with E-state index in [0.717, 1.165) is 21.7 Å². The van der Waals surface area contributed by atoms with E-state index in [2.05, 4.69) is 9.97 Å². The third-order valence-corrected chi connectivity index (χ3v) is 5.32. The summed E-state index contributed by atoms with van der Waals surface area (Å²) in [4.78, 5) is 46.6. The lowest BCUT2D eigenvalue weighted by Crippen LogP contribution is -2.44. The predicted octanol–water partition coefficient (Wildman–Crippen LogP) is 1.84. The Morgan fingerprint density at radius 3 is 2.57 bits per heavy atom. The first kappa shape index (κ1) is 24.2. The van der Waals surface area contributed by atoms with Gasteiger partial charge in [-0.1, -0.05) is 0 Å². The highest BCUT2D eigenvalue weighted by molar-refractivity contribution is 5.99. The van der Waals surface area contributed by atoms with Gasteiger partial charge >= 0.3 is 6.18 Å². The highest BCUT2D eigenvalue weighted by Crippen LogP contribution is 2.25. The fourth-order valence-electron chi connectivity index (χ4n) is 3.52. The molecule has 1 aliphatic heterocycles. The van der Waals surface area contributed by atoms with E-state index in [1.165, 1.54) is 6.07 Å². The van der Waals surface area contributed by atoms with Crippen LogP contribution >= 0.6 is 0 Å². The fourth-order valence-corrected chi connectivity index (χ4v) is 3.52. The predicted molar refractivity (Wildman–Crippen MR) is 111 cm³/mol. The summed E-state index contributed by atoms with van der Waals surface area (Å²) < 4.78 is 67.6. The van der Waals surface area contributed by atoms with E-state index >= 15 is 0 Å². The number of nitrogens with zero attached hydrogens (tertiary/aromatic N) is 4. The van der Waals surface area contributed by atoms with Crippen molar-refractivity contribution in [3.8, 4) is 5.82 Å². The zero-order valence-corrected chi connectivity index (χ0v) is 17.8. The smallest absolute Gasteiger partial charge is 0.391 e. The average Bonchev–Trinajstić information content (AvgIpc) is 3.11. The van der Waals surface area contributed by atoms with Gasteiger partial charge in [-0.3, -0.25) is 23.9 Å². The number of carbonyl (C=O) groups is 2. The molecule has 1 fully saturated rings. The normalized spacial score (nSPS) is 17.2. The molecular weight excluding hydrogens is 481 g/mol. The van der Waals surface area contributed by atoms with Crippen molar-refractivity contribution in [3.05, 3.63) is 58.0 Å². The van der Waals surface area contributed by atoms with Crippen LogP contribution in [0.1, 0.15) is 23.7 Å². The van der Waals surface area contributed by atoms with Crippen LogP contribution in [0.4, 0.5) is 27.8 Å². The Kier molecular flexibility index (Phi) is 6.00. The molecule has 0 saturated carbocycles. The van der Waals surface area contributed by atoms with E-state index in [9.17, 15) is 41.4 Å². The SMILES string of the molecule is CC(NC(=O)c1cn(-c2ncc(F)cc2F)c2nc(N3C[C@@H](O)CC3=O)ccc2c1=O)C(F)(F)F. The molecule has 1 unspecified atom stereocenters. The minimum Gasteiger partial charge on any atom is -0.391 e. The number of fused-ring (bicyclic) bond motifs is 1. The Morgan fingerprint density at radius 1 is 1.26 bits per heavy atom. The zero-order valence-electron chi connectivity index (χ0n) is 17.8. The quantitative estimate of drug-likeness (QED) is 0.532. The number of pyridine rings is 3. The van der Waals surface area contributed by atoms with Crippen molar-refractivity contribution >= 4 is 28.7 Å². The number of aromatic nitrogens is 3. The van der Waals surface area contributed by atoms with Crippen LogP contribution in [0.2, 0.25) is 0 Å². The number of carbonyl (C=O) groups excluding carboxylic acids is 2. The van der Waals surface area contributed by atoms with Crippen LogP contribution in [0.25, 0.3) is 16.9 Å². The fraction of sp³-hybridized carbons (Fsp3) is 0.286. The Hall–Kier alpha value is -3.94. The van der Waals surface area contributed by atoms with Gasteiger partial charge in [0.15, 0.2) is 17.3 Å². The molecule has 0 aromatic carbocycles. The highest BCUT2D eigenvalue weighted by Gasteiger charge is 2.37. The summed E-state index contributed by atoms with van der Waals surface area (Å²) in [6.07, 6.45) is -4.53. The number of hydrogen-bond donors (Lipinski definition) is 2. The van der Waals surface area contributed by atoms with Gasteiger partial charge in [-0.05, 0) is 19.1 Å². The molecule has 1 saturated heterocycles. The summed E-state index contributed by atoms with van der Waals surface area (Å²) in [5, 5.41) is 11.1. The maximum Gasteiger partial charge on any atom is 0.408 e. The van der Waals surface area contributed by atoms with Gasteiger partial charge in [-0.2, -0.15) is 13.2 Å². The van der Waals surface area contributed by atoms with Crippen LogP contribution in [0, 0.1) is 11.6 Å². The van der Waals surface area contributed by atoms with E-state index in [1.807, 2.05) is 0 Å². The van der Waals surface area contributed by atoms with Crippen molar-refractivity contribution in [3.63, 3.8) is 0 Å². The van der Waals surface area contributed by atoms with Crippen molar-refractivity contribution in [1.82, 2.24) is 19.9 Å². The van der Waals surface area contributed by atoms with Gasteiger partial charge in [0, 0.05) is 12.3 Å². The van der Waals surface area contributed by atoms with E-state index in [1.54, 1.807) is 5.32 Å². The number of aliphatic hydroxyl groups excluding tert-OH is 1. The van der Waals surface area contributed by atoms with Gasteiger partial charge < -0.3 is 10.4 Å². The van der Waals surface area contributed by atoms with E-state index < -0.39 is 58.6 Å². The van der Waals surface area contributed by atoms with Gasteiger partial charge in [0.2, 0.25) is 11.3 Å². The second-order valence-corrected chi connectivity index (χ2v) is 7.84. The topological polar surface area (TPSA) is 117 Å². The largest absolute Gasteiger partial charge is 0.408 e. The summed E-state index contributed by atoms with van der Waals surface area (Å²) in [6, 6.07) is 0.563. The first-order valence-corrected chi connectivity index (χ1v) is 10.1. The zero-order chi connectivity index (χ0) is 25.7. The average molecular weight is 497 g/mol. The number of aliphatic hydroxyl groups is 1. The van der Waals surface area contributed by atoms with E-state index in [0.29, 0.717) is 19.2 Å². The van der Waals surface area contributed by atoms with Gasteiger partial charge in [0.25, 0.3) is 5.91 Å². The van der Waals surface area contributed by atoms with Crippen LogP contribution in [0.15, 0.2) is 35.4 Å².